The number of aromatic carboxylic acids is 1. The van der Waals surface area contributed by atoms with Gasteiger partial charge in [-0.2, -0.15) is 0 Å². The average Bonchev–Trinajstić information content (AvgIpc) is 2.85. The summed E-state index contributed by atoms with van der Waals surface area (Å²) in [4.78, 5) is 15.1. The van der Waals surface area contributed by atoms with Gasteiger partial charge in [0.15, 0.2) is 0 Å². The summed E-state index contributed by atoms with van der Waals surface area (Å²) in [7, 11) is 0. The fraction of sp³-hybridized carbons (Fsp3) is 0.0667. The van der Waals surface area contributed by atoms with Crippen LogP contribution in [-0.2, 0) is 0 Å². The van der Waals surface area contributed by atoms with Crippen molar-refractivity contribution in [3.63, 3.8) is 0 Å². The summed E-state index contributed by atoms with van der Waals surface area (Å²) in [5.41, 5.74) is 0.932. The Bertz CT molecular complexity index is 871. The number of fused-ring (bicyclic) bond motifs is 1. The normalized spacial score (nSPS) is 11.0. The molecule has 0 saturated carbocycles. The molecule has 106 valence electrons. The van der Waals surface area contributed by atoms with E-state index in [-0.39, 0.29) is 22.4 Å². The van der Waals surface area contributed by atoms with E-state index in [1.54, 1.807) is 4.40 Å². The van der Waals surface area contributed by atoms with Gasteiger partial charge in [-0.25, -0.2) is 18.6 Å². The van der Waals surface area contributed by atoms with E-state index in [9.17, 15) is 13.6 Å². The van der Waals surface area contributed by atoms with E-state index < -0.39 is 17.6 Å². The van der Waals surface area contributed by atoms with Crippen molar-refractivity contribution in [2.45, 2.75) is 6.92 Å². The molecule has 0 aliphatic carbocycles. The summed E-state index contributed by atoms with van der Waals surface area (Å²) < 4.78 is 29.1. The highest BCUT2D eigenvalue weighted by Gasteiger charge is 2.13. The second-order valence-electron chi connectivity index (χ2n) is 4.69. The molecule has 6 heteroatoms. The number of nitrogens with zero attached hydrogens (tertiary/aromatic N) is 2. The van der Waals surface area contributed by atoms with Crippen molar-refractivity contribution in [3.8, 4) is 11.3 Å². The number of aromatic nitrogens is 2. The predicted molar refractivity (Wildman–Crippen MR) is 72.2 cm³/mol. The Hall–Kier alpha value is -2.76. The van der Waals surface area contributed by atoms with Gasteiger partial charge in [0, 0.05) is 18.0 Å². The first-order chi connectivity index (χ1) is 9.95. The van der Waals surface area contributed by atoms with Crippen molar-refractivity contribution in [2.24, 2.45) is 0 Å². The number of carboxylic acids is 1. The van der Waals surface area contributed by atoms with Gasteiger partial charge in [0.1, 0.15) is 17.3 Å². The van der Waals surface area contributed by atoms with Crippen LogP contribution in [0.2, 0.25) is 0 Å². The van der Waals surface area contributed by atoms with Gasteiger partial charge in [0.25, 0.3) is 0 Å². The van der Waals surface area contributed by atoms with Gasteiger partial charge in [-0.15, -0.1) is 0 Å². The van der Waals surface area contributed by atoms with E-state index in [0.29, 0.717) is 5.65 Å². The largest absolute Gasteiger partial charge is 0.478 e. The summed E-state index contributed by atoms with van der Waals surface area (Å²) in [5, 5.41) is 8.93. The van der Waals surface area contributed by atoms with Crippen LogP contribution in [0.1, 0.15) is 15.9 Å². The highest BCUT2D eigenvalue weighted by Crippen LogP contribution is 2.25. The molecule has 0 fully saturated rings. The maximum absolute atomic E-state index is 13.9. The molecule has 0 radical (unpaired) electrons. The number of carbonyl (C=O) groups is 1. The third kappa shape index (κ3) is 2.24. The molecule has 0 amide bonds. The third-order valence-corrected chi connectivity index (χ3v) is 3.23. The van der Waals surface area contributed by atoms with Crippen LogP contribution < -0.4 is 0 Å². The minimum Gasteiger partial charge on any atom is -0.478 e. The monoisotopic (exact) mass is 288 g/mol. The lowest BCUT2D eigenvalue weighted by Crippen LogP contribution is -1.96. The van der Waals surface area contributed by atoms with E-state index in [0.717, 1.165) is 12.1 Å². The van der Waals surface area contributed by atoms with E-state index >= 15 is 0 Å². The summed E-state index contributed by atoms with van der Waals surface area (Å²) in [6, 6.07) is 4.98. The van der Waals surface area contributed by atoms with Gasteiger partial charge < -0.3 is 9.51 Å². The number of imidazole rings is 1. The summed E-state index contributed by atoms with van der Waals surface area (Å²) >= 11 is 0. The zero-order valence-corrected chi connectivity index (χ0v) is 11.0. The Kier molecular flexibility index (Phi) is 2.94. The lowest BCUT2D eigenvalue weighted by molar-refractivity contribution is 0.0697. The Morgan fingerprint density at radius 1 is 1.24 bits per heavy atom. The molecular formula is C15H10F2N2O2. The SMILES string of the molecule is Cc1cc(F)c(-c2cn3ccc(C(=O)O)cc3n2)cc1F. The number of pyridine rings is 1. The molecule has 0 spiro atoms. The Morgan fingerprint density at radius 3 is 2.71 bits per heavy atom. The molecule has 2 heterocycles. The first-order valence-corrected chi connectivity index (χ1v) is 6.14. The van der Waals surface area contributed by atoms with E-state index in [2.05, 4.69) is 4.98 Å². The van der Waals surface area contributed by atoms with E-state index in [1.165, 1.54) is 31.5 Å². The maximum Gasteiger partial charge on any atom is 0.335 e. The number of hydrogen-bond acceptors (Lipinski definition) is 2. The molecule has 1 aromatic carbocycles. The smallest absolute Gasteiger partial charge is 0.335 e. The van der Waals surface area contributed by atoms with Crippen LogP contribution in [0.25, 0.3) is 16.9 Å². The fourth-order valence-electron chi connectivity index (χ4n) is 2.09. The van der Waals surface area contributed by atoms with Crippen LogP contribution >= 0.6 is 0 Å². The van der Waals surface area contributed by atoms with Crippen LogP contribution in [0.5, 0.6) is 0 Å². The highest BCUT2D eigenvalue weighted by molar-refractivity contribution is 5.88. The lowest BCUT2D eigenvalue weighted by atomic mass is 10.1. The van der Waals surface area contributed by atoms with Gasteiger partial charge in [0.05, 0.1) is 11.3 Å². The average molecular weight is 288 g/mol. The van der Waals surface area contributed by atoms with Crippen molar-refractivity contribution in [2.75, 3.05) is 0 Å². The minimum atomic E-state index is -1.07. The topological polar surface area (TPSA) is 54.6 Å². The molecule has 0 aliphatic heterocycles. The molecule has 0 atom stereocenters. The Labute approximate surface area is 118 Å². The molecule has 3 rings (SSSR count). The van der Waals surface area contributed by atoms with Gasteiger partial charge in [0.2, 0.25) is 0 Å². The number of halogens is 2. The maximum atomic E-state index is 13.9. The molecule has 4 nitrogen and oxygen atoms in total. The van der Waals surface area contributed by atoms with Crippen molar-refractivity contribution in [1.82, 2.24) is 9.38 Å². The van der Waals surface area contributed by atoms with Crippen LogP contribution in [-0.4, -0.2) is 20.5 Å². The van der Waals surface area contributed by atoms with Crippen molar-refractivity contribution < 1.29 is 18.7 Å². The highest BCUT2D eigenvalue weighted by atomic mass is 19.1. The second kappa shape index (κ2) is 4.66. The van der Waals surface area contributed by atoms with Gasteiger partial charge in [-0.3, -0.25) is 0 Å². The fourth-order valence-corrected chi connectivity index (χ4v) is 2.09. The number of aryl methyl sites for hydroxylation is 1. The molecule has 3 aromatic rings. The molecule has 0 aliphatic rings. The van der Waals surface area contributed by atoms with Crippen molar-refractivity contribution in [3.05, 3.63) is 59.4 Å². The lowest BCUT2D eigenvalue weighted by Gasteiger charge is -2.02. The number of rotatable bonds is 2. The third-order valence-electron chi connectivity index (χ3n) is 3.23. The zero-order chi connectivity index (χ0) is 15.1. The zero-order valence-electron chi connectivity index (χ0n) is 11.0. The van der Waals surface area contributed by atoms with Crippen LogP contribution in [0.4, 0.5) is 8.78 Å². The number of carboxylic acid groups (broad SMARTS) is 1. The standard InChI is InChI=1S/C15H10F2N2O2/c1-8-4-12(17)10(6-11(8)16)13-7-19-3-2-9(15(20)21)5-14(19)18-13/h2-7H,1H3,(H,20,21). The molecular weight excluding hydrogens is 278 g/mol. The molecule has 21 heavy (non-hydrogen) atoms. The second-order valence-corrected chi connectivity index (χ2v) is 4.69. The van der Waals surface area contributed by atoms with Gasteiger partial charge in [-0.05, 0) is 36.8 Å². The quantitative estimate of drug-likeness (QED) is 0.787. The predicted octanol–water partition coefficient (Wildman–Crippen LogP) is 3.29. The van der Waals surface area contributed by atoms with Gasteiger partial charge >= 0.3 is 5.97 Å². The molecule has 0 saturated heterocycles. The Balaban J connectivity index is 2.17. The van der Waals surface area contributed by atoms with Crippen molar-refractivity contribution in [1.29, 1.82) is 0 Å². The van der Waals surface area contributed by atoms with E-state index in [4.69, 9.17) is 5.11 Å². The summed E-state index contributed by atoms with van der Waals surface area (Å²) in [6.45, 7) is 1.48. The first kappa shape index (κ1) is 13.2. The first-order valence-electron chi connectivity index (χ1n) is 6.14. The molecule has 1 N–H and O–H groups in total. The number of hydrogen-bond donors (Lipinski definition) is 1. The minimum absolute atomic E-state index is 0.0404. The van der Waals surface area contributed by atoms with E-state index in [1.807, 2.05) is 0 Å². The number of benzene rings is 1. The Morgan fingerprint density at radius 2 is 2.00 bits per heavy atom. The van der Waals surface area contributed by atoms with Crippen LogP contribution in [0.3, 0.4) is 0 Å². The molecule has 2 aromatic heterocycles. The summed E-state index contributed by atoms with van der Waals surface area (Å²) in [5.74, 6) is -2.17. The van der Waals surface area contributed by atoms with Crippen LogP contribution in [0, 0.1) is 18.6 Å². The van der Waals surface area contributed by atoms with Crippen LogP contribution in [0.15, 0.2) is 36.7 Å². The summed E-state index contributed by atoms with van der Waals surface area (Å²) in [6.07, 6.45) is 3.03. The van der Waals surface area contributed by atoms with Crippen molar-refractivity contribution >= 4 is 11.6 Å². The molecule has 0 bridgehead atoms. The molecule has 0 unspecified atom stereocenters. The van der Waals surface area contributed by atoms with Gasteiger partial charge in [-0.1, -0.05) is 0 Å².